The maximum Gasteiger partial charge on any atom is 0.446 e. The van der Waals surface area contributed by atoms with Gasteiger partial charge in [-0.1, -0.05) is 0 Å². The SMILES string of the molecule is CC(=O)NC(OCCCl)(C(F)(F)F)C(F)(F)F. The van der Waals surface area contributed by atoms with Gasteiger partial charge >= 0.3 is 18.1 Å². The topological polar surface area (TPSA) is 38.3 Å². The van der Waals surface area contributed by atoms with E-state index in [2.05, 4.69) is 4.74 Å². The molecule has 0 aliphatic heterocycles. The van der Waals surface area contributed by atoms with Crippen LogP contribution in [0.4, 0.5) is 26.3 Å². The molecule has 0 heterocycles. The Kier molecular flexibility index (Phi) is 5.08. The number of carbonyl (C=O) groups excluding carboxylic acids is 1. The number of hydrogen-bond acceptors (Lipinski definition) is 2. The van der Waals surface area contributed by atoms with Crippen molar-refractivity contribution >= 4 is 17.5 Å². The normalized spacial score (nSPS) is 13.6. The first-order valence-electron chi connectivity index (χ1n) is 4.10. The third-order valence-electron chi connectivity index (χ3n) is 1.55. The number of nitrogens with one attached hydrogen (secondary N) is 1. The maximum atomic E-state index is 12.5. The standard InChI is InChI=1S/C7H8ClF6NO2/c1-4(16)15-5(6(9,10)11,7(12,13)14)17-3-2-8/h2-3H2,1H3,(H,15,16). The van der Waals surface area contributed by atoms with Gasteiger partial charge in [0.05, 0.1) is 6.61 Å². The van der Waals surface area contributed by atoms with Crippen LogP contribution in [0.1, 0.15) is 6.92 Å². The van der Waals surface area contributed by atoms with Crippen LogP contribution in [0, 0.1) is 0 Å². The van der Waals surface area contributed by atoms with Crippen LogP contribution >= 0.6 is 11.6 Å². The van der Waals surface area contributed by atoms with Crippen LogP contribution in [0.3, 0.4) is 0 Å². The Labute approximate surface area is 97.1 Å². The lowest BCUT2D eigenvalue weighted by molar-refractivity contribution is -0.388. The fraction of sp³-hybridized carbons (Fsp3) is 0.857. The van der Waals surface area contributed by atoms with Crippen molar-refractivity contribution < 1.29 is 35.9 Å². The average molecular weight is 288 g/mol. The highest BCUT2D eigenvalue weighted by Crippen LogP contribution is 2.43. The van der Waals surface area contributed by atoms with E-state index in [-0.39, 0.29) is 0 Å². The molecular formula is C7H8ClF6NO2. The zero-order valence-corrected chi connectivity index (χ0v) is 9.13. The number of amides is 1. The molecule has 0 radical (unpaired) electrons. The second kappa shape index (κ2) is 5.30. The Bertz CT molecular complexity index is 263. The predicted molar refractivity (Wildman–Crippen MR) is 45.3 cm³/mol. The lowest BCUT2D eigenvalue weighted by Gasteiger charge is -2.36. The summed E-state index contributed by atoms with van der Waals surface area (Å²) in [6, 6.07) is 0. The first-order valence-corrected chi connectivity index (χ1v) is 4.63. The summed E-state index contributed by atoms with van der Waals surface area (Å²) in [5, 5.41) is 0.738. The molecule has 3 nitrogen and oxygen atoms in total. The van der Waals surface area contributed by atoms with E-state index in [0.717, 1.165) is 5.32 Å². The molecule has 102 valence electrons. The Morgan fingerprint density at radius 2 is 1.59 bits per heavy atom. The third kappa shape index (κ3) is 3.63. The van der Waals surface area contributed by atoms with Gasteiger partial charge in [-0.25, -0.2) is 0 Å². The van der Waals surface area contributed by atoms with Gasteiger partial charge in [-0.3, -0.25) is 4.79 Å². The molecular weight excluding hydrogens is 280 g/mol. The number of halogens is 7. The Morgan fingerprint density at radius 1 is 1.18 bits per heavy atom. The van der Waals surface area contributed by atoms with E-state index >= 15 is 0 Å². The lowest BCUT2D eigenvalue weighted by Crippen LogP contribution is -2.69. The Balaban J connectivity index is 5.46. The molecule has 10 heteroatoms. The van der Waals surface area contributed by atoms with Crippen LogP contribution in [0.25, 0.3) is 0 Å². The fourth-order valence-corrected chi connectivity index (χ4v) is 1.02. The monoisotopic (exact) mass is 287 g/mol. The summed E-state index contributed by atoms with van der Waals surface area (Å²) in [4.78, 5) is 10.5. The van der Waals surface area contributed by atoms with Crippen LogP contribution in [0.15, 0.2) is 0 Å². The van der Waals surface area contributed by atoms with Gasteiger partial charge in [0.25, 0.3) is 0 Å². The summed E-state index contributed by atoms with van der Waals surface area (Å²) >= 11 is 4.97. The van der Waals surface area contributed by atoms with Gasteiger partial charge in [0.2, 0.25) is 5.91 Å². The average Bonchev–Trinajstić information content (AvgIpc) is 2.07. The zero-order chi connectivity index (χ0) is 13.9. The summed E-state index contributed by atoms with van der Waals surface area (Å²) in [6.07, 6.45) is -11.7. The first-order chi connectivity index (χ1) is 7.48. The molecule has 0 aliphatic rings. The van der Waals surface area contributed by atoms with Crippen LogP contribution in [0.5, 0.6) is 0 Å². The van der Waals surface area contributed by atoms with Gasteiger partial charge in [0.15, 0.2) is 0 Å². The second-order valence-corrected chi connectivity index (χ2v) is 3.27. The van der Waals surface area contributed by atoms with E-state index in [1.54, 1.807) is 0 Å². The number of carbonyl (C=O) groups is 1. The molecule has 0 rings (SSSR count). The van der Waals surface area contributed by atoms with Crippen LogP contribution in [-0.4, -0.2) is 36.5 Å². The maximum absolute atomic E-state index is 12.5. The van der Waals surface area contributed by atoms with Crippen molar-refractivity contribution in [3.63, 3.8) is 0 Å². The van der Waals surface area contributed by atoms with Gasteiger partial charge in [0.1, 0.15) is 0 Å². The minimum Gasteiger partial charge on any atom is -0.339 e. The van der Waals surface area contributed by atoms with Gasteiger partial charge in [-0.2, -0.15) is 26.3 Å². The van der Waals surface area contributed by atoms with Crippen molar-refractivity contribution in [2.45, 2.75) is 25.0 Å². The Morgan fingerprint density at radius 3 is 1.82 bits per heavy atom. The number of hydrogen-bond donors (Lipinski definition) is 1. The number of alkyl halides is 7. The number of ether oxygens (including phenoxy) is 1. The summed E-state index contributed by atoms with van der Waals surface area (Å²) in [5.41, 5.74) is -4.74. The second-order valence-electron chi connectivity index (χ2n) is 2.90. The van der Waals surface area contributed by atoms with Crippen molar-refractivity contribution in [3.8, 4) is 0 Å². The molecule has 17 heavy (non-hydrogen) atoms. The molecule has 0 bridgehead atoms. The van der Waals surface area contributed by atoms with Gasteiger partial charge in [-0.15, -0.1) is 11.6 Å². The van der Waals surface area contributed by atoms with Crippen molar-refractivity contribution in [3.05, 3.63) is 0 Å². The highest BCUT2D eigenvalue weighted by molar-refractivity contribution is 6.17. The minimum absolute atomic E-state index is 0.510. The molecule has 0 aromatic rings. The molecule has 0 aliphatic carbocycles. The van der Waals surface area contributed by atoms with Gasteiger partial charge < -0.3 is 10.1 Å². The smallest absolute Gasteiger partial charge is 0.339 e. The molecule has 0 aromatic heterocycles. The zero-order valence-electron chi connectivity index (χ0n) is 8.38. The van der Waals surface area contributed by atoms with E-state index < -0.39 is 36.5 Å². The summed E-state index contributed by atoms with van der Waals surface area (Å²) in [6.45, 7) is -0.517. The van der Waals surface area contributed by atoms with Crippen molar-refractivity contribution in [1.82, 2.24) is 5.32 Å². The van der Waals surface area contributed by atoms with Crippen LogP contribution in [-0.2, 0) is 9.53 Å². The lowest BCUT2D eigenvalue weighted by atomic mass is 10.2. The summed E-state index contributed by atoms with van der Waals surface area (Å²) in [5.74, 6) is -2.12. The van der Waals surface area contributed by atoms with Crippen molar-refractivity contribution in [2.24, 2.45) is 0 Å². The number of rotatable bonds is 4. The minimum atomic E-state index is -5.86. The first kappa shape index (κ1) is 16.3. The van der Waals surface area contributed by atoms with Gasteiger partial charge in [-0.05, 0) is 0 Å². The Hall–Kier alpha value is -0.700. The highest BCUT2D eigenvalue weighted by Gasteiger charge is 2.73. The van der Waals surface area contributed by atoms with Crippen molar-refractivity contribution in [1.29, 1.82) is 0 Å². The van der Waals surface area contributed by atoms with Crippen molar-refractivity contribution in [2.75, 3.05) is 12.5 Å². The van der Waals surface area contributed by atoms with Crippen LogP contribution in [0.2, 0.25) is 0 Å². The molecule has 1 amide bonds. The molecule has 0 fully saturated rings. The third-order valence-corrected chi connectivity index (χ3v) is 1.70. The molecule has 0 saturated carbocycles. The van der Waals surface area contributed by atoms with E-state index in [1.165, 1.54) is 0 Å². The highest BCUT2D eigenvalue weighted by atomic mass is 35.5. The van der Waals surface area contributed by atoms with E-state index in [1.807, 2.05) is 0 Å². The summed E-state index contributed by atoms with van der Waals surface area (Å²) in [7, 11) is 0. The summed E-state index contributed by atoms with van der Waals surface area (Å²) < 4.78 is 78.4. The van der Waals surface area contributed by atoms with E-state index in [4.69, 9.17) is 11.6 Å². The fourth-order valence-electron chi connectivity index (χ4n) is 0.942. The van der Waals surface area contributed by atoms with E-state index in [9.17, 15) is 31.1 Å². The van der Waals surface area contributed by atoms with Crippen LogP contribution < -0.4 is 5.32 Å². The molecule has 0 atom stereocenters. The van der Waals surface area contributed by atoms with E-state index in [0.29, 0.717) is 6.92 Å². The van der Waals surface area contributed by atoms with Gasteiger partial charge in [0, 0.05) is 12.8 Å². The molecule has 0 spiro atoms. The molecule has 1 N–H and O–H groups in total. The quantitative estimate of drug-likeness (QED) is 0.489. The molecule has 0 saturated heterocycles. The molecule has 0 unspecified atom stereocenters. The molecule has 0 aromatic carbocycles. The largest absolute Gasteiger partial charge is 0.446 e. The predicted octanol–water partition coefficient (Wildman–Crippen LogP) is 2.20.